The fourth-order valence-corrected chi connectivity index (χ4v) is 3.83. The van der Waals surface area contributed by atoms with E-state index in [2.05, 4.69) is 59.2 Å². The summed E-state index contributed by atoms with van der Waals surface area (Å²) < 4.78 is 5.98. The summed E-state index contributed by atoms with van der Waals surface area (Å²) in [6.45, 7) is 8.69. The highest BCUT2D eigenvalue weighted by Gasteiger charge is 2.17. The lowest BCUT2D eigenvalue weighted by atomic mass is 10.1. The number of benzene rings is 3. The van der Waals surface area contributed by atoms with Crippen LogP contribution in [0.2, 0.25) is 0 Å². The predicted molar refractivity (Wildman–Crippen MR) is 135 cm³/mol. The largest absolute Gasteiger partial charge is 0.473 e. The maximum Gasteiger partial charge on any atom is 0.414 e. The minimum atomic E-state index is -1.82. The summed E-state index contributed by atoms with van der Waals surface area (Å²) in [5.74, 6) is -1.86. The van der Waals surface area contributed by atoms with Crippen molar-refractivity contribution in [2.75, 3.05) is 26.2 Å². The molecule has 1 aliphatic rings. The van der Waals surface area contributed by atoms with Gasteiger partial charge in [0.05, 0.1) is 0 Å². The smallest absolute Gasteiger partial charge is 0.414 e. The molecular formula is C28H32N2O5. The second-order valence-corrected chi connectivity index (χ2v) is 8.40. The molecule has 1 saturated heterocycles. The van der Waals surface area contributed by atoms with Crippen LogP contribution in [0.25, 0.3) is 0 Å². The second-order valence-electron chi connectivity index (χ2n) is 8.40. The van der Waals surface area contributed by atoms with E-state index in [0.717, 1.165) is 57.2 Å². The van der Waals surface area contributed by atoms with Crippen LogP contribution in [0.1, 0.15) is 23.6 Å². The van der Waals surface area contributed by atoms with E-state index >= 15 is 0 Å². The summed E-state index contributed by atoms with van der Waals surface area (Å²) in [6, 6.07) is 27.5. The van der Waals surface area contributed by atoms with E-state index in [1.165, 1.54) is 16.7 Å². The van der Waals surface area contributed by atoms with E-state index in [1.807, 2.05) is 36.4 Å². The Bertz CT molecular complexity index is 1070. The number of carboxylic acids is 2. The van der Waals surface area contributed by atoms with Crippen molar-refractivity contribution in [3.05, 3.63) is 95.6 Å². The second kappa shape index (κ2) is 13.3. The quantitative estimate of drug-likeness (QED) is 0.485. The molecule has 0 spiro atoms. The number of hydrogen-bond acceptors (Lipinski definition) is 5. The molecule has 1 fully saturated rings. The van der Waals surface area contributed by atoms with Crippen molar-refractivity contribution in [2.24, 2.45) is 0 Å². The SMILES string of the molecule is CCc1ccc(CN2CCN(Cc3cccc(Oc4ccccc4)c3)CC2)cc1.O=C(O)C(=O)O. The monoisotopic (exact) mass is 476 g/mol. The van der Waals surface area contributed by atoms with Gasteiger partial charge in [-0.1, -0.05) is 61.5 Å². The number of piperazine rings is 1. The Morgan fingerprint density at radius 1 is 0.686 bits per heavy atom. The zero-order valence-corrected chi connectivity index (χ0v) is 20.0. The van der Waals surface area contributed by atoms with Gasteiger partial charge in [0.25, 0.3) is 0 Å². The number of nitrogens with zero attached hydrogens (tertiary/aromatic N) is 2. The van der Waals surface area contributed by atoms with Gasteiger partial charge in [0.2, 0.25) is 0 Å². The van der Waals surface area contributed by atoms with Gasteiger partial charge in [0, 0.05) is 39.3 Å². The molecule has 2 N–H and O–H groups in total. The van der Waals surface area contributed by atoms with E-state index in [9.17, 15) is 0 Å². The molecule has 0 atom stereocenters. The molecule has 4 rings (SSSR count). The molecule has 1 aliphatic heterocycles. The summed E-state index contributed by atoms with van der Waals surface area (Å²) in [5, 5.41) is 14.8. The van der Waals surface area contributed by atoms with Gasteiger partial charge in [0.15, 0.2) is 0 Å². The maximum atomic E-state index is 9.10. The molecule has 0 aromatic heterocycles. The fourth-order valence-electron chi connectivity index (χ4n) is 3.83. The average molecular weight is 477 g/mol. The summed E-state index contributed by atoms with van der Waals surface area (Å²) in [5.41, 5.74) is 4.14. The minimum absolute atomic E-state index is 0.880. The lowest BCUT2D eigenvalue weighted by molar-refractivity contribution is -0.159. The van der Waals surface area contributed by atoms with Crippen LogP contribution < -0.4 is 4.74 Å². The molecule has 1 heterocycles. The van der Waals surface area contributed by atoms with Gasteiger partial charge in [-0.25, -0.2) is 9.59 Å². The van der Waals surface area contributed by atoms with Crippen molar-refractivity contribution in [1.82, 2.24) is 9.80 Å². The van der Waals surface area contributed by atoms with Crippen molar-refractivity contribution in [3.63, 3.8) is 0 Å². The van der Waals surface area contributed by atoms with Crippen molar-refractivity contribution in [3.8, 4) is 11.5 Å². The Hall–Kier alpha value is -3.68. The summed E-state index contributed by atoms with van der Waals surface area (Å²) in [7, 11) is 0. The van der Waals surface area contributed by atoms with Crippen LogP contribution in [0.15, 0.2) is 78.9 Å². The number of ether oxygens (including phenoxy) is 1. The van der Waals surface area contributed by atoms with E-state index in [1.54, 1.807) is 0 Å². The molecule has 0 amide bonds. The fraction of sp³-hybridized carbons (Fsp3) is 0.286. The van der Waals surface area contributed by atoms with E-state index in [4.69, 9.17) is 24.5 Å². The summed E-state index contributed by atoms with van der Waals surface area (Å²) in [6.07, 6.45) is 1.11. The van der Waals surface area contributed by atoms with Gasteiger partial charge in [0.1, 0.15) is 11.5 Å². The van der Waals surface area contributed by atoms with Gasteiger partial charge in [-0.05, 0) is 47.4 Å². The Morgan fingerprint density at radius 3 is 1.74 bits per heavy atom. The number of aliphatic carboxylic acids is 2. The number of hydrogen-bond donors (Lipinski definition) is 2. The van der Waals surface area contributed by atoms with Gasteiger partial charge >= 0.3 is 11.9 Å². The topological polar surface area (TPSA) is 90.3 Å². The van der Waals surface area contributed by atoms with Crippen molar-refractivity contribution in [2.45, 2.75) is 26.4 Å². The van der Waals surface area contributed by atoms with Gasteiger partial charge in [-0.2, -0.15) is 0 Å². The molecule has 7 nitrogen and oxygen atoms in total. The Morgan fingerprint density at radius 2 is 1.20 bits per heavy atom. The first-order chi connectivity index (χ1) is 16.9. The predicted octanol–water partition coefficient (Wildman–Crippen LogP) is 4.51. The Balaban J connectivity index is 0.000000509. The van der Waals surface area contributed by atoms with E-state index < -0.39 is 11.9 Å². The number of para-hydroxylation sites is 1. The van der Waals surface area contributed by atoms with Crippen LogP contribution in [0, 0.1) is 0 Å². The number of rotatable bonds is 7. The van der Waals surface area contributed by atoms with Crippen LogP contribution in [0.4, 0.5) is 0 Å². The molecular weight excluding hydrogens is 444 g/mol. The molecule has 0 radical (unpaired) electrons. The van der Waals surface area contributed by atoms with Crippen LogP contribution in [0.3, 0.4) is 0 Å². The molecule has 35 heavy (non-hydrogen) atoms. The summed E-state index contributed by atoms with van der Waals surface area (Å²) in [4.78, 5) is 23.3. The van der Waals surface area contributed by atoms with Gasteiger partial charge < -0.3 is 14.9 Å². The van der Waals surface area contributed by atoms with Crippen LogP contribution in [-0.4, -0.2) is 58.1 Å². The number of carboxylic acid groups (broad SMARTS) is 2. The van der Waals surface area contributed by atoms with Crippen LogP contribution in [-0.2, 0) is 29.1 Å². The molecule has 184 valence electrons. The van der Waals surface area contributed by atoms with E-state index in [-0.39, 0.29) is 0 Å². The zero-order chi connectivity index (χ0) is 25.0. The number of aryl methyl sites for hydroxylation is 1. The molecule has 0 aliphatic carbocycles. The molecule has 0 saturated carbocycles. The summed E-state index contributed by atoms with van der Waals surface area (Å²) >= 11 is 0. The molecule has 3 aromatic rings. The molecule has 0 unspecified atom stereocenters. The minimum Gasteiger partial charge on any atom is -0.473 e. The molecule has 3 aromatic carbocycles. The first-order valence-corrected chi connectivity index (χ1v) is 11.7. The lowest BCUT2D eigenvalue weighted by Crippen LogP contribution is -2.45. The molecule has 0 bridgehead atoms. The Labute approximate surface area is 206 Å². The highest BCUT2D eigenvalue weighted by Crippen LogP contribution is 2.22. The lowest BCUT2D eigenvalue weighted by Gasteiger charge is -2.34. The first-order valence-electron chi connectivity index (χ1n) is 11.7. The van der Waals surface area contributed by atoms with Gasteiger partial charge in [-0.15, -0.1) is 0 Å². The first kappa shape index (κ1) is 25.9. The van der Waals surface area contributed by atoms with E-state index in [0.29, 0.717) is 0 Å². The highest BCUT2D eigenvalue weighted by molar-refractivity contribution is 6.27. The third-order valence-electron chi connectivity index (χ3n) is 5.77. The van der Waals surface area contributed by atoms with Crippen LogP contribution in [0.5, 0.6) is 11.5 Å². The van der Waals surface area contributed by atoms with Crippen LogP contribution >= 0.6 is 0 Å². The highest BCUT2D eigenvalue weighted by atomic mass is 16.5. The maximum absolute atomic E-state index is 9.10. The molecule has 7 heteroatoms. The van der Waals surface area contributed by atoms with Crippen molar-refractivity contribution >= 4 is 11.9 Å². The van der Waals surface area contributed by atoms with Gasteiger partial charge in [-0.3, -0.25) is 9.80 Å². The van der Waals surface area contributed by atoms with Crippen molar-refractivity contribution in [1.29, 1.82) is 0 Å². The average Bonchev–Trinajstić information content (AvgIpc) is 2.87. The number of carbonyl (C=O) groups is 2. The Kier molecular flexibility index (Phi) is 9.83. The standard InChI is InChI=1S/C26H30N2O.C2H2O4/c1-2-22-11-13-23(14-12-22)20-27-15-17-28(18-16-27)21-24-7-6-10-26(19-24)29-25-8-4-3-5-9-25;3-1(4)2(5)6/h3-14,19H,2,15-18,20-21H2,1H3;(H,3,4)(H,5,6). The third-order valence-corrected chi connectivity index (χ3v) is 5.77. The normalized spacial score (nSPS) is 14.0. The zero-order valence-electron chi connectivity index (χ0n) is 20.0. The third kappa shape index (κ3) is 8.88. The van der Waals surface area contributed by atoms with Crippen molar-refractivity contribution < 1.29 is 24.5 Å².